The van der Waals surface area contributed by atoms with E-state index in [1.165, 1.54) is 5.56 Å². The van der Waals surface area contributed by atoms with Crippen LogP contribution in [0.2, 0.25) is 0 Å². The van der Waals surface area contributed by atoms with Gasteiger partial charge in [-0.1, -0.05) is 39.0 Å². The van der Waals surface area contributed by atoms with Gasteiger partial charge in [-0.2, -0.15) is 0 Å². The van der Waals surface area contributed by atoms with Crippen molar-refractivity contribution in [1.82, 2.24) is 19.9 Å². The molecule has 0 spiro atoms. The van der Waals surface area contributed by atoms with Crippen LogP contribution in [0.4, 0.5) is 0 Å². The number of hydrogen-bond donors (Lipinski definition) is 2. The first-order valence-electron chi connectivity index (χ1n) is 9.70. The standard InChI is InChI=1S/C22H26N4O2/c1-22(2,3)20(28)17-10-23-21-19(17)25-18(11-24-21)15-6-4-5-14(9-15)12-26-8-7-16(27)13-26/h4-6,9-11,16,27H,7-8,12-13H2,1-3H3,(H,23,24). The average Bonchev–Trinajstić information content (AvgIpc) is 3.26. The van der Waals surface area contributed by atoms with E-state index >= 15 is 0 Å². The number of aromatic nitrogens is 3. The first-order chi connectivity index (χ1) is 13.3. The third kappa shape index (κ3) is 3.70. The van der Waals surface area contributed by atoms with Crippen molar-refractivity contribution >= 4 is 16.9 Å². The molecule has 0 aliphatic carbocycles. The molecule has 1 aliphatic heterocycles. The number of fused-ring (bicyclic) bond motifs is 1. The summed E-state index contributed by atoms with van der Waals surface area (Å²) in [6.45, 7) is 8.16. The maximum absolute atomic E-state index is 12.7. The molecule has 1 fully saturated rings. The number of aliphatic hydroxyl groups excluding tert-OH is 1. The third-order valence-electron chi connectivity index (χ3n) is 5.18. The van der Waals surface area contributed by atoms with Gasteiger partial charge in [0.25, 0.3) is 0 Å². The molecule has 1 atom stereocenters. The third-order valence-corrected chi connectivity index (χ3v) is 5.18. The highest BCUT2D eigenvalue weighted by atomic mass is 16.3. The van der Waals surface area contributed by atoms with E-state index in [-0.39, 0.29) is 11.9 Å². The second-order valence-electron chi connectivity index (χ2n) is 8.61. The first-order valence-corrected chi connectivity index (χ1v) is 9.70. The Labute approximate surface area is 164 Å². The Hall–Kier alpha value is -2.57. The molecule has 1 aliphatic rings. The topological polar surface area (TPSA) is 82.1 Å². The number of carbonyl (C=O) groups excluding carboxylic acids is 1. The van der Waals surface area contributed by atoms with Gasteiger partial charge in [-0.05, 0) is 18.1 Å². The number of nitrogens with one attached hydrogen (secondary N) is 1. The smallest absolute Gasteiger partial charge is 0.171 e. The predicted molar refractivity (Wildman–Crippen MR) is 109 cm³/mol. The number of carbonyl (C=O) groups is 1. The van der Waals surface area contributed by atoms with Crippen molar-refractivity contribution in [2.75, 3.05) is 13.1 Å². The molecule has 1 saturated heterocycles. The molecular formula is C22H26N4O2. The molecule has 3 heterocycles. The summed E-state index contributed by atoms with van der Waals surface area (Å²) < 4.78 is 0. The maximum atomic E-state index is 12.7. The van der Waals surface area contributed by atoms with Crippen LogP contribution < -0.4 is 0 Å². The quantitative estimate of drug-likeness (QED) is 0.680. The van der Waals surface area contributed by atoms with Crippen molar-refractivity contribution in [3.8, 4) is 11.3 Å². The Morgan fingerprint density at radius 1 is 1.36 bits per heavy atom. The summed E-state index contributed by atoms with van der Waals surface area (Å²) in [6, 6.07) is 8.22. The Morgan fingerprint density at radius 2 is 2.18 bits per heavy atom. The van der Waals surface area contributed by atoms with E-state index in [2.05, 4.69) is 27.0 Å². The average molecular weight is 378 g/mol. The summed E-state index contributed by atoms with van der Waals surface area (Å²) in [7, 11) is 0. The number of rotatable bonds is 4. The van der Waals surface area contributed by atoms with E-state index < -0.39 is 5.41 Å². The zero-order valence-corrected chi connectivity index (χ0v) is 16.6. The lowest BCUT2D eigenvalue weighted by atomic mass is 9.87. The summed E-state index contributed by atoms with van der Waals surface area (Å²) in [5, 5.41) is 9.73. The molecule has 28 heavy (non-hydrogen) atoms. The lowest BCUT2D eigenvalue weighted by Gasteiger charge is -2.16. The zero-order valence-electron chi connectivity index (χ0n) is 16.6. The minimum atomic E-state index is -0.479. The second-order valence-corrected chi connectivity index (χ2v) is 8.61. The van der Waals surface area contributed by atoms with Gasteiger partial charge in [-0.3, -0.25) is 9.69 Å². The van der Waals surface area contributed by atoms with Crippen LogP contribution >= 0.6 is 0 Å². The summed E-state index contributed by atoms with van der Waals surface area (Å²) in [6.07, 6.45) is 4.06. The summed E-state index contributed by atoms with van der Waals surface area (Å²) >= 11 is 0. The van der Waals surface area contributed by atoms with Crippen molar-refractivity contribution in [2.24, 2.45) is 5.41 Å². The summed E-state index contributed by atoms with van der Waals surface area (Å²) in [5.41, 5.74) is 4.24. The number of likely N-dealkylation sites (tertiary alicyclic amines) is 1. The Kier molecular flexibility index (Phi) is 4.77. The zero-order chi connectivity index (χ0) is 19.9. The second kappa shape index (κ2) is 7.11. The van der Waals surface area contributed by atoms with E-state index in [1.807, 2.05) is 32.9 Å². The molecule has 6 heteroatoms. The van der Waals surface area contributed by atoms with Crippen LogP contribution in [0.5, 0.6) is 0 Å². The van der Waals surface area contributed by atoms with Gasteiger partial charge in [0.05, 0.1) is 23.6 Å². The van der Waals surface area contributed by atoms with E-state index in [0.717, 1.165) is 37.3 Å². The van der Waals surface area contributed by atoms with Crippen molar-refractivity contribution in [3.63, 3.8) is 0 Å². The van der Waals surface area contributed by atoms with Gasteiger partial charge in [0.1, 0.15) is 5.52 Å². The Morgan fingerprint density at radius 3 is 2.89 bits per heavy atom. The van der Waals surface area contributed by atoms with Crippen LogP contribution in [0, 0.1) is 5.41 Å². The minimum absolute atomic E-state index is 0.0477. The van der Waals surface area contributed by atoms with Gasteiger partial charge in [0, 0.05) is 36.8 Å². The number of ketones is 1. The highest BCUT2D eigenvalue weighted by Gasteiger charge is 2.26. The number of hydrogen-bond acceptors (Lipinski definition) is 5. The molecule has 146 valence electrons. The van der Waals surface area contributed by atoms with Gasteiger partial charge in [0.2, 0.25) is 0 Å². The molecule has 0 radical (unpaired) electrons. The number of H-pyrrole nitrogens is 1. The van der Waals surface area contributed by atoms with Gasteiger partial charge in [0.15, 0.2) is 11.4 Å². The summed E-state index contributed by atoms with van der Waals surface area (Å²) in [5.74, 6) is 0.0477. The number of aromatic amines is 1. The van der Waals surface area contributed by atoms with E-state index in [0.29, 0.717) is 16.7 Å². The van der Waals surface area contributed by atoms with Gasteiger partial charge < -0.3 is 10.1 Å². The SMILES string of the molecule is CC(C)(C)C(=O)c1c[nH]c2ncc(-c3cccc(CN4CCC(O)C4)c3)nc12. The van der Waals surface area contributed by atoms with Gasteiger partial charge >= 0.3 is 0 Å². The molecule has 3 aromatic rings. The largest absolute Gasteiger partial charge is 0.392 e. The van der Waals surface area contributed by atoms with Crippen molar-refractivity contribution in [2.45, 2.75) is 39.8 Å². The van der Waals surface area contributed by atoms with Crippen LogP contribution in [0.25, 0.3) is 22.4 Å². The highest BCUT2D eigenvalue weighted by Crippen LogP contribution is 2.27. The van der Waals surface area contributed by atoms with E-state index in [9.17, 15) is 9.90 Å². The van der Waals surface area contributed by atoms with Crippen LogP contribution in [-0.2, 0) is 6.54 Å². The highest BCUT2D eigenvalue weighted by molar-refractivity contribution is 6.08. The molecule has 0 amide bonds. The van der Waals surface area contributed by atoms with E-state index in [4.69, 9.17) is 4.98 Å². The number of benzene rings is 1. The fourth-order valence-corrected chi connectivity index (χ4v) is 3.65. The Balaban J connectivity index is 1.66. The minimum Gasteiger partial charge on any atom is -0.392 e. The molecule has 4 rings (SSSR count). The normalized spacial score (nSPS) is 18.1. The molecule has 2 N–H and O–H groups in total. The van der Waals surface area contributed by atoms with Gasteiger partial charge in [-0.25, -0.2) is 9.97 Å². The van der Waals surface area contributed by atoms with E-state index in [1.54, 1.807) is 12.4 Å². The molecular weight excluding hydrogens is 352 g/mol. The number of Topliss-reactive ketones (excluding diaryl/α,β-unsaturated/α-hetero) is 1. The molecule has 6 nitrogen and oxygen atoms in total. The molecule has 2 aromatic heterocycles. The molecule has 0 saturated carbocycles. The van der Waals surface area contributed by atoms with Gasteiger partial charge in [-0.15, -0.1) is 0 Å². The van der Waals surface area contributed by atoms with Crippen LogP contribution in [0.3, 0.4) is 0 Å². The predicted octanol–water partition coefficient (Wildman–Crippen LogP) is 3.42. The molecule has 1 unspecified atom stereocenters. The monoisotopic (exact) mass is 378 g/mol. The fourth-order valence-electron chi connectivity index (χ4n) is 3.65. The van der Waals surface area contributed by atoms with Crippen molar-refractivity contribution < 1.29 is 9.90 Å². The molecule has 1 aromatic carbocycles. The van der Waals surface area contributed by atoms with Crippen molar-refractivity contribution in [1.29, 1.82) is 0 Å². The lowest BCUT2D eigenvalue weighted by Crippen LogP contribution is -2.21. The fraction of sp³-hybridized carbons (Fsp3) is 0.409. The number of nitrogens with zero attached hydrogens (tertiary/aromatic N) is 3. The van der Waals surface area contributed by atoms with Crippen LogP contribution in [0.1, 0.15) is 43.1 Å². The van der Waals surface area contributed by atoms with Crippen LogP contribution in [-0.4, -0.2) is 49.9 Å². The maximum Gasteiger partial charge on any atom is 0.171 e. The van der Waals surface area contributed by atoms with Crippen LogP contribution in [0.15, 0.2) is 36.7 Å². The number of aliphatic hydroxyl groups is 1. The summed E-state index contributed by atoms with van der Waals surface area (Å²) in [4.78, 5) is 27.3. The Bertz CT molecular complexity index is 1020. The van der Waals surface area contributed by atoms with Crippen molar-refractivity contribution in [3.05, 3.63) is 47.8 Å². The first kappa shape index (κ1) is 18.8. The lowest BCUT2D eigenvalue weighted by molar-refractivity contribution is 0.0860. The molecule has 0 bridgehead atoms. The number of β-amino-alcohol motifs (C(OH)–C–C–N with tert-alkyl or cyclic N) is 1.